The summed E-state index contributed by atoms with van der Waals surface area (Å²) in [6, 6.07) is 5.64. The molecule has 0 saturated heterocycles. The lowest BCUT2D eigenvalue weighted by atomic mass is 9.86. The van der Waals surface area contributed by atoms with Gasteiger partial charge in [-0.15, -0.1) is 0 Å². The molecule has 94 valence electrons. The average Bonchev–Trinajstić information content (AvgIpc) is 2.39. The molecule has 0 N–H and O–H groups in total. The number of hydrogen-bond donors (Lipinski definition) is 0. The molecule has 0 aromatic heterocycles. The third-order valence-corrected chi connectivity index (χ3v) is 3.09. The van der Waals surface area contributed by atoms with Crippen molar-refractivity contribution in [2.24, 2.45) is 0 Å². The van der Waals surface area contributed by atoms with Crippen molar-refractivity contribution < 1.29 is 14.3 Å². The summed E-state index contributed by atoms with van der Waals surface area (Å²) >= 11 is 0. The minimum Gasteiger partial charge on any atom is -0.463 e. The molecule has 1 aromatic rings. The molecule has 0 aliphatic heterocycles. The topological polar surface area (TPSA) is 43.4 Å². The van der Waals surface area contributed by atoms with Gasteiger partial charge in [0.05, 0.1) is 6.61 Å². The highest BCUT2D eigenvalue weighted by molar-refractivity contribution is 5.93. The van der Waals surface area contributed by atoms with Crippen LogP contribution in [0.4, 0.5) is 0 Å². The number of hydrogen-bond acceptors (Lipinski definition) is 3. The van der Waals surface area contributed by atoms with Gasteiger partial charge in [0, 0.05) is 11.6 Å². The van der Waals surface area contributed by atoms with Crippen LogP contribution in [0.5, 0.6) is 0 Å². The quantitative estimate of drug-likeness (QED) is 0.466. The molecule has 18 heavy (non-hydrogen) atoms. The number of aldehydes is 1. The Labute approximate surface area is 106 Å². The Morgan fingerprint density at radius 1 is 1.39 bits per heavy atom. The van der Waals surface area contributed by atoms with Gasteiger partial charge >= 0.3 is 5.97 Å². The third-order valence-electron chi connectivity index (χ3n) is 3.09. The van der Waals surface area contributed by atoms with Gasteiger partial charge in [-0.2, -0.15) is 0 Å². The Hall–Kier alpha value is -1.90. The molecule has 2 rings (SSSR count). The third kappa shape index (κ3) is 2.67. The molecule has 1 aliphatic rings. The van der Waals surface area contributed by atoms with E-state index in [4.69, 9.17) is 4.74 Å². The summed E-state index contributed by atoms with van der Waals surface area (Å²) in [5.41, 5.74) is 3.82. The Kier molecular flexibility index (Phi) is 3.92. The first-order chi connectivity index (χ1) is 8.74. The van der Waals surface area contributed by atoms with Crippen LogP contribution in [0.1, 0.15) is 41.3 Å². The van der Waals surface area contributed by atoms with E-state index in [1.54, 1.807) is 13.0 Å². The van der Waals surface area contributed by atoms with E-state index in [9.17, 15) is 9.59 Å². The Balaban J connectivity index is 2.37. The normalized spacial score (nSPS) is 16.2. The predicted octanol–water partition coefficient (Wildman–Crippen LogP) is 2.78. The van der Waals surface area contributed by atoms with Gasteiger partial charge in [0.25, 0.3) is 0 Å². The first-order valence-corrected chi connectivity index (χ1v) is 6.20. The summed E-state index contributed by atoms with van der Waals surface area (Å²) in [6.45, 7) is 2.17. The van der Waals surface area contributed by atoms with E-state index in [1.165, 1.54) is 5.56 Å². The first kappa shape index (κ1) is 12.6. The molecule has 3 heteroatoms. The first-order valence-electron chi connectivity index (χ1n) is 6.20. The van der Waals surface area contributed by atoms with E-state index in [0.29, 0.717) is 12.2 Å². The van der Waals surface area contributed by atoms with Gasteiger partial charge in [0.2, 0.25) is 0 Å². The number of esters is 1. The lowest BCUT2D eigenvalue weighted by molar-refractivity contribution is -0.137. The van der Waals surface area contributed by atoms with Crippen LogP contribution in [0.3, 0.4) is 0 Å². The van der Waals surface area contributed by atoms with Crippen LogP contribution in [-0.2, 0) is 16.0 Å². The largest absolute Gasteiger partial charge is 0.463 e. The van der Waals surface area contributed by atoms with Gasteiger partial charge in [-0.3, -0.25) is 4.79 Å². The molecule has 1 aliphatic carbocycles. The summed E-state index contributed by atoms with van der Waals surface area (Å²) in [5.74, 6) is -0.308. The monoisotopic (exact) mass is 244 g/mol. The van der Waals surface area contributed by atoms with Crippen molar-refractivity contribution in [2.75, 3.05) is 6.61 Å². The minimum absolute atomic E-state index is 0.308. The molecule has 0 bridgehead atoms. The maximum absolute atomic E-state index is 11.5. The summed E-state index contributed by atoms with van der Waals surface area (Å²) in [6.07, 6.45) is 5.26. The molecule has 1 aromatic carbocycles. The maximum Gasteiger partial charge on any atom is 0.331 e. The van der Waals surface area contributed by atoms with E-state index in [-0.39, 0.29) is 5.97 Å². The second-order valence-electron chi connectivity index (χ2n) is 4.31. The molecule has 3 nitrogen and oxygen atoms in total. The molecular weight excluding hydrogens is 228 g/mol. The molecule has 0 spiro atoms. The fraction of sp³-hybridized carbons (Fsp3) is 0.333. The van der Waals surface area contributed by atoms with E-state index < -0.39 is 0 Å². The number of ether oxygens (including phenoxy) is 1. The van der Waals surface area contributed by atoms with Crippen LogP contribution in [0.15, 0.2) is 24.3 Å². The number of fused-ring (bicyclic) bond motifs is 1. The van der Waals surface area contributed by atoms with Crippen molar-refractivity contribution in [3.63, 3.8) is 0 Å². The van der Waals surface area contributed by atoms with Crippen LogP contribution >= 0.6 is 0 Å². The van der Waals surface area contributed by atoms with Crippen molar-refractivity contribution >= 4 is 17.8 Å². The zero-order chi connectivity index (χ0) is 13.0. The highest BCUT2D eigenvalue weighted by Gasteiger charge is 2.15. The van der Waals surface area contributed by atoms with Gasteiger partial charge in [-0.05, 0) is 49.0 Å². The number of benzene rings is 1. The van der Waals surface area contributed by atoms with Crippen molar-refractivity contribution in [3.8, 4) is 0 Å². The maximum atomic E-state index is 11.5. The molecule has 0 radical (unpaired) electrons. The van der Waals surface area contributed by atoms with E-state index in [0.717, 1.165) is 36.7 Å². The van der Waals surface area contributed by atoms with Gasteiger partial charge < -0.3 is 4.74 Å². The van der Waals surface area contributed by atoms with Crippen LogP contribution in [0.25, 0.3) is 5.57 Å². The highest BCUT2D eigenvalue weighted by atomic mass is 16.5. The van der Waals surface area contributed by atoms with Crippen molar-refractivity contribution in [1.29, 1.82) is 0 Å². The molecule has 0 fully saturated rings. The Morgan fingerprint density at radius 2 is 2.22 bits per heavy atom. The van der Waals surface area contributed by atoms with Crippen LogP contribution < -0.4 is 0 Å². The zero-order valence-corrected chi connectivity index (χ0v) is 10.4. The molecule has 0 unspecified atom stereocenters. The van der Waals surface area contributed by atoms with Crippen molar-refractivity contribution in [1.82, 2.24) is 0 Å². The molecule has 0 amide bonds. The fourth-order valence-corrected chi connectivity index (χ4v) is 2.26. The molecule has 0 heterocycles. The summed E-state index contributed by atoms with van der Waals surface area (Å²) < 4.78 is 4.93. The summed E-state index contributed by atoms with van der Waals surface area (Å²) in [7, 11) is 0. The number of allylic oxidation sites excluding steroid dienone is 1. The number of carbonyl (C=O) groups is 2. The smallest absolute Gasteiger partial charge is 0.331 e. The average molecular weight is 244 g/mol. The minimum atomic E-state index is -0.308. The number of carbonyl (C=O) groups excluding carboxylic acids is 2. The lowest BCUT2D eigenvalue weighted by Crippen LogP contribution is -2.06. The second kappa shape index (κ2) is 5.63. The van der Waals surface area contributed by atoms with Crippen molar-refractivity contribution in [3.05, 3.63) is 41.0 Å². The van der Waals surface area contributed by atoms with Crippen LogP contribution in [-0.4, -0.2) is 18.9 Å². The molecule has 0 saturated carbocycles. The summed E-state index contributed by atoms with van der Waals surface area (Å²) in [4.78, 5) is 22.3. The van der Waals surface area contributed by atoms with Gasteiger partial charge in [-0.25, -0.2) is 4.79 Å². The van der Waals surface area contributed by atoms with Crippen LogP contribution in [0, 0.1) is 0 Å². The van der Waals surface area contributed by atoms with Gasteiger partial charge in [-0.1, -0.05) is 12.1 Å². The number of aryl methyl sites for hydroxylation is 1. The highest BCUT2D eigenvalue weighted by Crippen LogP contribution is 2.31. The molecule has 0 atom stereocenters. The van der Waals surface area contributed by atoms with E-state index in [2.05, 4.69) is 0 Å². The van der Waals surface area contributed by atoms with Crippen molar-refractivity contribution in [2.45, 2.75) is 26.2 Å². The van der Waals surface area contributed by atoms with E-state index >= 15 is 0 Å². The Morgan fingerprint density at radius 3 is 2.94 bits per heavy atom. The van der Waals surface area contributed by atoms with Gasteiger partial charge in [0.15, 0.2) is 0 Å². The zero-order valence-electron chi connectivity index (χ0n) is 10.4. The standard InChI is InChI=1S/C15H16O3/c1-2-18-15(17)9-13-5-3-4-12-7-6-11(10-16)8-14(12)13/h6-10H,2-5H2,1H3. The number of rotatable bonds is 3. The summed E-state index contributed by atoms with van der Waals surface area (Å²) in [5, 5.41) is 0. The predicted molar refractivity (Wildman–Crippen MR) is 69.4 cm³/mol. The second-order valence-corrected chi connectivity index (χ2v) is 4.31. The van der Waals surface area contributed by atoms with E-state index in [1.807, 2.05) is 18.2 Å². The lowest BCUT2D eigenvalue weighted by Gasteiger charge is -2.19. The van der Waals surface area contributed by atoms with Gasteiger partial charge in [0.1, 0.15) is 6.29 Å². The molecular formula is C15H16O3. The Bertz CT molecular complexity index is 500. The van der Waals surface area contributed by atoms with Crippen LogP contribution in [0.2, 0.25) is 0 Å². The fourth-order valence-electron chi connectivity index (χ4n) is 2.26. The SMILES string of the molecule is CCOC(=O)C=C1CCCc2ccc(C=O)cc21.